The van der Waals surface area contributed by atoms with Crippen LogP contribution in [-0.4, -0.2) is 34.7 Å². The molecule has 0 saturated heterocycles. The maximum atomic E-state index is 9.89. The van der Waals surface area contributed by atoms with Crippen LogP contribution in [-0.2, 0) is 19.2 Å². The molecule has 0 aromatic rings. The van der Waals surface area contributed by atoms with Crippen molar-refractivity contribution in [2.45, 2.75) is 19.8 Å². The highest BCUT2D eigenvalue weighted by molar-refractivity contribution is 5.79. The first kappa shape index (κ1) is 21.1. The van der Waals surface area contributed by atoms with Crippen molar-refractivity contribution in [3.63, 3.8) is 0 Å². The van der Waals surface area contributed by atoms with Crippen LogP contribution in [0.25, 0.3) is 0 Å². The Morgan fingerprint density at radius 2 is 1.44 bits per heavy atom. The molecule has 0 aromatic heterocycles. The van der Waals surface area contributed by atoms with E-state index < -0.39 is 11.9 Å². The van der Waals surface area contributed by atoms with Crippen LogP contribution in [0.3, 0.4) is 0 Å². The van der Waals surface area contributed by atoms with Crippen LogP contribution in [0, 0.1) is 5.92 Å². The fraction of sp³-hybridized carbons (Fsp3) is 0.333. The second kappa shape index (κ2) is 17.2. The maximum absolute atomic E-state index is 9.89. The average Bonchev–Trinajstić information content (AvgIpc) is 2.37. The van der Waals surface area contributed by atoms with Gasteiger partial charge in [0.05, 0.1) is 0 Å². The summed E-state index contributed by atoms with van der Waals surface area (Å²) in [5, 5.41) is 15.2. The van der Waals surface area contributed by atoms with Crippen LogP contribution in [0.5, 0.6) is 0 Å². The number of carbonyl (C=O) groups excluding carboxylic acids is 2. The molecule has 1 unspecified atom stereocenters. The lowest BCUT2D eigenvalue weighted by atomic mass is 10.1. The first-order valence-electron chi connectivity index (χ1n) is 4.95. The molecule has 0 spiro atoms. The SMILES string of the molecule is C=CC(=O)O.C=CC(=O)O.CC(C=O)CCC=O. The van der Waals surface area contributed by atoms with E-state index in [0.29, 0.717) is 12.8 Å². The molecule has 0 radical (unpaired) electrons. The van der Waals surface area contributed by atoms with Gasteiger partial charge in [-0.1, -0.05) is 20.1 Å². The largest absolute Gasteiger partial charge is 0.478 e. The Hall–Kier alpha value is -2.24. The lowest BCUT2D eigenvalue weighted by Crippen LogP contribution is -1.94. The first-order chi connectivity index (χ1) is 8.35. The highest BCUT2D eigenvalue weighted by Crippen LogP contribution is 1.98. The summed E-state index contributed by atoms with van der Waals surface area (Å²) in [6, 6.07) is 0. The van der Waals surface area contributed by atoms with Crippen LogP contribution in [0.4, 0.5) is 0 Å². The molecular formula is C12H18O6. The molecule has 0 aromatic carbocycles. The number of hydrogen-bond donors (Lipinski definition) is 2. The molecule has 1 atom stereocenters. The van der Waals surface area contributed by atoms with Gasteiger partial charge < -0.3 is 19.8 Å². The molecule has 102 valence electrons. The molecule has 6 nitrogen and oxygen atoms in total. The first-order valence-corrected chi connectivity index (χ1v) is 4.95. The standard InChI is InChI=1S/C6H10O2.2C3H4O2/c1-6(5-8)3-2-4-7;2*1-2-3(4)5/h4-6H,2-3H2,1H3;2*2H,1H2,(H,4,5). The summed E-state index contributed by atoms with van der Waals surface area (Å²) in [5.41, 5.74) is 0. The van der Waals surface area contributed by atoms with E-state index in [1.807, 2.05) is 0 Å². The summed E-state index contributed by atoms with van der Waals surface area (Å²) in [6.07, 6.45) is 4.55. The number of aliphatic carboxylic acids is 2. The van der Waals surface area contributed by atoms with E-state index in [-0.39, 0.29) is 5.92 Å². The molecule has 0 fully saturated rings. The Bertz CT molecular complexity index is 264. The van der Waals surface area contributed by atoms with Gasteiger partial charge in [0.25, 0.3) is 0 Å². The summed E-state index contributed by atoms with van der Waals surface area (Å²) < 4.78 is 0. The number of carbonyl (C=O) groups is 4. The van der Waals surface area contributed by atoms with Gasteiger partial charge in [0.15, 0.2) is 0 Å². The normalized spacial score (nSPS) is 9.17. The second-order valence-corrected chi connectivity index (χ2v) is 2.94. The molecule has 0 heterocycles. The van der Waals surface area contributed by atoms with Gasteiger partial charge in [0.2, 0.25) is 0 Å². The molecule has 6 heteroatoms. The van der Waals surface area contributed by atoms with Gasteiger partial charge in [-0.05, 0) is 6.42 Å². The monoisotopic (exact) mass is 258 g/mol. The van der Waals surface area contributed by atoms with Gasteiger partial charge in [0, 0.05) is 24.5 Å². The zero-order valence-electron chi connectivity index (χ0n) is 10.2. The van der Waals surface area contributed by atoms with E-state index >= 15 is 0 Å². The minimum Gasteiger partial charge on any atom is -0.478 e. The highest BCUT2D eigenvalue weighted by atomic mass is 16.4. The van der Waals surface area contributed by atoms with Crippen LogP contribution in [0.2, 0.25) is 0 Å². The van der Waals surface area contributed by atoms with Crippen molar-refractivity contribution in [2.75, 3.05) is 0 Å². The average molecular weight is 258 g/mol. The molecule has 0 aliphatic rings. The Balaban J connectivity index is -0.000000197. The Morgan fingerprint density at radius 1 is 1.11 bits per heavy atom. The van der Waals surface area contributed by atoms with Gasteiger partial charge in [-0.2, -0.15) is 0 Å². The smallest absolute Gasteiger partial charge is 0.327 e. The van der Waals surface area contributed by atoms with E-state index in [1.54, 1.807) is 6.92 Å². The zero-order chi connectivity index (χ0) is 15.0. The number of aldehydes is 2. The van der Waals surface area contributed by atoms with Crippen LogP contribution in [0.1, 0.15) is 19.8 Å². The number of carboxylic acids is 2. The van der Waals surface area contributed by atoms with Gasteiger partial charge in [0.1, 0.15) is 12.6 Å². The van der Waals surface area contributed by atoms with Crippen molar-refractivity contribution in [3.8, 4) is 0 Å². The summed E-state index contributed by atoms with van der Waals surface area (Å²) >= 11 is 0. The van der Waals surface area contributed by atoms with Gasteiger partial charge in [-0.25, -0.2) is 9.59 Å². The third-order valence-electron chi connectivity index (χ3n) is 1.32. The molecule has 0 rings (SSSR count). The Morgan fingerprint density at radius 3 is 1.61 bits per heavy atom. The predicted molar refractivity (Wildman–Crippen MR) is 66.2 cm³/mol. The van der Waals surface area contributed by atoms with Gasteiger partial charge in [-0.15, -0.1) is 0 Å². The molecule has 2 N–H and O–H groups in total. The third kappa shape index (κ3) is 37.2. The summed E-state index contributed by atoms with van der Waals surface area (Å²) in [7, 11) is 0. The van der Waals surface area contributed by atoms with Crippen molar-refractivity contribution in [3.05, 3.63) is 25.3 Å². The lowest BCUT2D eigenvalue weighted by molar-refractivity contribution is -0.132. The highest BCUT2D eigenvalue weighted by Gasteiger charge is 1.95. The second-order valence-electron chi connectivity index (χ2n) is 2.94. The van der Waals surface area contributed by atoms with Crippen LogP contribution >= 0.6 is 0 Å². The van der Waals surface area contributed by atoms with Crippen LogP contribution in [0.15, 0.2) is 25.3 Å². The summed E-state index contributed by atoms with van der Waals surface area (Å²) in [4.78, 5) is 38.1. The minimum absolute atomic E-state index is 0.0419. The van der Waals surface area contributed by atoms with Crippen molar-refractivity contribution in [1.29, 1.82) is 0 Å². The van der Waals surface area contributed by atoms with Gasteiger partial charge >= 0.3 is 11.9 Å². The lowest BCUT2D eigenvalue weighted by Gasteiger charge is -1.94. The molecule has 0 amide bonds. The number of carboxylic acid groups (broad SMARTS) is 2. The van der Waals surface area contributed by atoms with E-state index in [0.717, 1.165) is 24.7 Å². The summed E-state index contributed by atoms with van der Waals surface area (Å²) in [5.74, 6) is -1.92. The van der Waals surface area contributed by atoms with Crippen molar-refractivity contribution < 1.29 is 29.4 Å². The molecule has 0 bridgehead atoms. The predicted octanol–water partition coefficient (Wildman–Crippen LogP) is 1.31. The number of rotatable bonds is 6. The minimum atomic E-state index is -0.981. The summed E-state index contributed by atoms with van der Waals surface area (Å²) in [6.45, 7) is 7.72. The molecule has 0 saturated carbocycles. The molecule has 18 heavy (non-hydrogen) atoms. The van der Waals surface area contributed by atoms with E-state index in [4.69, 9.17) is 10.2 Å². The fourth-order valence-electron chi connectivity index (χ4n) is 0.399. The van der Waals surface area contributed by atoms with E-state index in [9.17, 15) is 19.2 Å². The van der Waals surface area contributed by atoms with Crippen molar-refractivity contribution >= 4 is 24.5 Å². The van der Waals surface area contributed by atoms with E-state index in [1.165, 1.54) is 0 Å². The zero-order valence-corrected chi connectivity index (χ0v) is 10.2. The number of hydrogen-bond acceptors (Lipinski definition) is 4. The van der Waals surface area contributed by atoms with Crippen molar-refractivity contribution in [2.24, 2.45) is 5.92 Å². The molecule has 0 aliphatic heterocycles. The molecule has 0 aliphatic carbocycles. The topological polar surface area (TPSA) is 109 Å². The maximum Gasteiger partial charge on any atom is 0.327 e. The molecular weight excluding hydrogens is 240 g/mol. The quantitative estimate of drug-likeness (QED) is 0.549. The third-order valence-corrected chi connectivity index (χ3v) is 1.32. The van der Waals surface area contributed by atoms with Gasteiger partial charge in [-0.3, -0.25) is 0 Å². The van der Waals surface area contributed by atoms with E-state index in [2.05, 4.69) is 13.2 Å². The Kier molecular flexibility index (Phi) is 20.1. The Labute approximate surface area is 106 Å². The van der Waals surface area contributed by atoms with Crippen LogP contribution < -0.4 is 0 Å². The fourth-order valence-corrected chi connectivity index (χ4v) is 0.399. The van der Waals surface area contributed by atoms with Crippen molar-refractivity contribution in [1.82, 2.24) is 0 Å².